The van der Waals surface area contributed by atoms with E-state index in [1.807, 2.05) is 4.90 Å². The second-order valence-corrected chi connectivity index (χ2v) is 6.69. The number of carbonyl (C=O) groups excluding carboxylic acids is 3. The molecular weight excluding hydrogens is 328 g/mol. The summed E-state index contributed by atoms with van der Waals surface area (Å²) in [6.45, 7) is 0.662. The number of rotatable bonds is 1. The molecule has 9 nitrogen and oxygen atoms in total. The van der Waals surface area contributed by atoms with E-state index >= 15 is 0 Å². The maximum atomic E-state index is 13.0. The first kappa shape index (κ1) is 15.6. The molecular formula is C16H16N4O5. The summed E-state index contributed by atoms with van der Waals surface area (Å²) in [6.07, 6.45) is 1.51. The fraction of sp³-hybridized carbons (Fsp3) is 0.438. The average molecular weight is 344 g/mol. The highest BCUT2D eigenvalue weighted by atomic mass is 16.6. The van der Waals surface area contributed by atoms with Gasteiger partial charge in [0.25, 0.3) is 5.69 Å². The van der Waals surface area contributed by atoms with Crippen LogP contribution in [0.5, 0.6) is 0 Å². The standard InChI is InChI=1S/C16H16N4O5/c1-18-14(22)16(13(21)17-15(18)23)8-9-7-10(20(24)25)4-5-11(9)19-6-2-3-12(16)19/h4-5,7,12H,2-3,6,8H2,1H3,(H,17,21,23)/t12-,16+/m0/s1. The maximum absolute atomic E-state index is 13.0. The highest BCUT2D eigenvalue weighted by Crippen LogP contribution is 2.48. The summed E-state index contributed by atoms with van der Waals surface area (Å²) in [5.74, 6) is -1.16. The third kappa shape index (κ3) is 1.92. The van der Waals surface area contributed by atoms with E-state index in [4.69, 9.17) is 0 Å². The molecule has 1 N–H and O–H groups in total. The number of nitro benzene ring substituents is 1. The largest absolute Gasteiger partial charge is 0.367 e. The number of nitro groups is 1. The molecule has 2 atom stereocenters. The van der Waals surface area contributed by atoms with Crippen LogP contribution in [0.15, 0.2) is 18.2 Å². The predicted molar refractivity (Wildman–Crippen MR) is 85.9 cm³/mol. The first-order valence-corrected chi connectivity index (χ1v) is 8.04. The highest BCUT2D eigenvalue weighted by molar-refractivity contribution is 6.20. The number of barbiturate groups is 1. The molecule has 0 bridgehead atoms. The number of anilines is 1. The molecule has 0 radical (unpaired) electrons. The van der Waals surface area contributed by atoms with E-state index in [9.17, 15) is 24.5 Å². The molecule has 0 aromatic heterocycles. The van der Waals surface area contributed by atoms with Crippen LogP contribution in [0.3, 0.4) is 0 Å². The zero-order valence-corrected chi connectivity index (χ0v) is 13.5. The summed E-state index contributed by atoms with van der Waals surface area (Å²) in [7, 11) is 1.34. The van der Waals surface area contributed by atoms with Gasteiger partial charge in [-0.05, 0) is 24.5 Å². The first-order chi connectivity index (χ1) is 11.9. The molecule has 2 fully saturated rings. The van der Waals surface area contributed by atoms with Crippen molar-refractivity contribution >= 4 is 29.2 Å². The van der Waals surface area contributed by atoms with Crippen molar-refractivity contribution in [2.45, 2.75) is 25.3 Å². The normalized spacial score (nSPS) is 28.0. The van der Waals surface area contributed by atoms with Gasteiger partial charge in [-0.15, -0.1) is 0 Å². The minimum Gasteiger partial charge on any atom is -0.367 e. The Morgan fingerprint density at radius 1 is 1.32 bits per heavy atom. The summed E-state index contributed by atoms with van der Waals surface area (Å²) in [5.41, 5.74) is -0.112. The van der Waals surface area contributed by atoms with Crippen molar-refractivity contribution in [3.8, 4) is 0 Å². The number of nitrogens with zero attached hydrogens (tertiary/aromatic N) is 3. The Morgan fingerprint density at radius 2 is 2.08 bits per heavy atom. The van der Waals surface area contributed by atoms with Gasteiger partial charge in [-0.25, -0.2) is 4.79 Å². The molecule has 0 saturated carbocycles. The van der Waals surface area contributed by atoms with Crippen molar-refractivity contribution in [2.24, 2.45) is 5.41 Å². The van der Waals surface area contributed by atoms with Crippen LogP contribution in [0.2, 0.25) is 0 Å². The molecule has 1 spiro atoms. The molecule has 2 saturated heterocycles. The Hall–Kier alpha value is -2.97. The summed E-state index contributed by atoms with van der Waals surface area (Å²) in [5, 5.41) is 13.4. The Labute approximate surface area is 142 Å². The van der Waals surface area contributed by atoms with E-state index < -0.39 is 28.2 Å². The fourth-order valence-electron chi connectivity index (χ4n) is 4.32. The van der Waals surface area contributed by atoms with E-state index in [0.29, 0.717) is 18.5 Å². The monoisotopic (exact) mass is 344 g/mol. The van der Waals surface area contributed by atoms with Crippen LogP contribution in [-0.4, -0.2) is 47.3 Å². The van der Waals surface area contributed by atoms with Gasteiger partial charge in [0.2, 0.25) is 11.8 Å². The SMILES string of the molecule is CN1C(=O)NC(=O)[C@]2(Cc3cc([N+](=O)[O-])ccc3N3CCC[C@H]32)C1=O. The molecule has 4 rings (SSSR count). The average Bonchev–Trinajstić information content (AvgIpc) is 3.08. The zero-order valence-electron chi connectivity index (χ0n) is 13.5. The third-order valence-corrected chi connectivity index (χ3v) is 5.49. The number of amides is 4. The Morgan fingerprint density at radius 3 is 2.80 bits per heavy atom. The fourth-order valence-corrected chi connectivity index (χ4v) is 4.32. The highest BCUT2D eigenvalue weighted by Gasteiger charge is 2.62. The molecule has 0 unspecified atom stereocenters. The molecule has 4 amide bonds. The topological polar surface area (TPSA) is 113 Å². The van der Waals surface area contributed by atoms with Gasteiger partial charge in [0.15, 0.2) is 5.41 Å². The summed E-state index contributed by atoms with van der Waals surface area (Å²) in [4.78, 5) is 51.0. The van der Waals surface area contributed by atoms with E-state index in [1.54, 1.807) is 6.07 Å². The van der Waals surface area contributed by atoms with Gasteiger partial charge >= 0.3 is 6.03 Å². The Balaban J connectivity index is 1.89. The van der Waals surface area contributed by atoms with Crippen molar-refractivity contribution in [1.82, 2.24) is 10.2 Å². The molecule has 1 aromatic carbocycles. The number of hydrogen-bond acceptors (Lipinski definition) is 6. The molecule has 3 aliphatic heterocycles. The lowest BCUT2D eigenvalue weighted by Crippen LogP contribution is -2.70. The lowest BCUT2D eigenvalue weighted by Gasteiger charge is -2.48. The second-order valence-electron chi connectivity index (χ2n) is 6.69. The van der Waals surface area contributed by atoms with Crippen molar-refractivity contribution in [3.63, 3.8) is 0 Å². The van der Waals surface area contributed by atoms with Crippen LogP contribution in [0, 0.1) is 15.5 Å². The van der Waals surface area contributed by atoms with Crippen molar-refractivity contribution in [3.05, 3.63) is 33.9 Å². The van der Waals surface area contributed by atoms with E-state index in [-0.39, 0.29) is 18.2 Å². The number of nitrogens with one attached hydrogen (secondary N) is 1. The van der Waals surface area contributed by atoms with Crippen LogP contribution in [0.25, 0.3) is 0 Å². The molecule has 1 aromatic rings. The van der Waals surface area contributed by atoms with Gasteiger partial charge in [-0.3, -0.25) is 29.9 Å². The lowest BCUT2D eigenvalue weighted by atomic mass is 9.68. The van der Waals surface area contributed by atoms with Crippen LogP contribution >= 0.6 is 0 Å². The Bertz CT molecular complexity index is 838. The molecule has 3 aliphatic rings. The van der Waals surface area contributed by atoms with Crippen LogP contribution in [-0.2, 0) is 16.0 Å². The van der Waals surface area contributed by atoms with Gasteiger partial charge in [0.1, 0.15) is 0 Å². The van der Waals surface area contributed by atoms with Gasteiger partial charge in [0, 0.05) is 37.8 Å². The van der Waals surface area contributed by atoms with Gasteiger partial charge in [0.05, 0.1) is 11.0 Å². The minimum absolute atomic E-state index is 0.0491. The summed E-state index contributed by atoms with van der Waals surface area (Å²) in [6, 6.07) is 3.44. The van der Waals surface area contributed by atoms with Crippen molar-refractivity contribution in [1.29, 1.82) is 0 Å². The minimum atomic E-state index is -1.43. The number of benzene rings is 1. The zero-order chi connectivity index (χ0) is 17.9. The van der Waals surface area contributed by atoms with Gasteiger partial charge in [-0.1, -0.05) is 0 Å². The molecule has 9 heteroatoms. The van der Waals surface area contributed by atoms with Gasteiger partial charge < -0.3 is 4.90 Å². The number of imide groups is 2. The molecule has 3 heterocycles. The number of non-ortho nitro benzene ring substituents is 1. The van der Waals surface area contributed by atoms with Crippen LogP contribution in [0.1, 0.15) is 18.4 Å². The first-order valence-electron chi connectivity index (χ1n) is 8.04. The van der Waals surface area contributed by atoms with Crippen LogP contribution in [0.4, 0.5) is 16.2 Å². The van der Waals surface area contributed by atoms with Gasteiger partial charge in [-0.2, -0.15) is 0 Å². The second kappa shape index (κ2) is 5.01. The lowest BCUT2D eigenvalue weighted by molar-refractivity contribution is -0.384. The Kier molecular flexibility index (Phi) is 3.12. The number of urea groups is 1. The molecule has 25 heavy (non-hydrogen) atoms. The van der Waals surface area contributed by atoms with E-state index in [0.717, 1.165) is 17.0 Å². The third-order valence-electron chi connectivity index (χ3n) is 5.49. The number of carbonyl (C=O) groups is 3. The van der Waals surface area contributed by atoms with Crippen molar-refractivity contribution < 1.29 is 19.3 Å². The number of fused-ring (bicyclic) bond motifs is 4. The van der Waals surface area contributed by atoms with Crippen LogP contribution < -0.4 is 10.2 Å². The predicted octanol–water partition coefficient (Wildman–Crippen LogP) is 0.814. The molecule has 130 valence electrons. The summed E-state index contributed by atoms with van der Waals surface area (Å²) < 4.78 is 0. The smallest absolute Gasteiger partial charge is 0.330 e. The summed E-state index contributed by atoms with van der Waals surface area (Å²) >= 11 is 0. The van der Waals surface area contributed by atoms with Crippen molar-refractivity contribution in [2.75, 3.05) is 18.5 Å². The number of hydrogen-bond donors (Lipinski definition) is 1. The van der Waals surface area contributed by atoms with E-state index in [1.165, 1.54) is 19.2 Å². The quantitative estimate of drug-likeness (QED) is 0.458. The maximum Gasteiger partial charge on any atom is 0.330 e. The van der Waals surface area contributed by atoms with E-state index in [2.05, 4.69) is 5.32 Å². The molecule has 0 aliphatic carbocycles.